The van der Waals surface area contributed by atoms with Crippen LogP contribution in [-0.2, 0) is 19.0 Å². The summed E-state index contributed by atoms with van der Waals surface area (Å²) < 4.78 is 23.2. The number of methoxy groups -OCH3 is 1. The summed E-state index contributed by atoms with van der Waals surface area (Å²) in [5.74, 6) is -0.336. The second-order valence-corrected chi connectivity index (χ2v) is 7.51. The lowest BCUT2D eigenvalue weighted by molar-refractivity contribution is -0.261. The van der Waals surface area contributed by atoms with Crippen LogP contribution in [0.25, 0.3) is 0 Å². The molecule has 0 bridgehead atoms. The van der Waals surface area contributed by atoms with Crippen LogP contribution in [0.4, 0.5) is 5.69 Å². The maximum Gasteiger partial charge on any atom is 0.301 e. The molecular formula is C23H21NO6. The molecule has 0 N–H and O–H groups in total. The second-order valence-electron chi connectivity index (χ2n) is 7.51. The molecule has 0 aromatic heterocycles. The molecule has 7 nitrogen and oxygen atoms in total. The van der Waals surface area contributed by atoms with E-state index in [4.69, 9.17) is 18.9 Å². The zero-order valence-electron chi connectivity index (χ0n) is 16.6. The van der Waals surface area contributed by atoms with Gasteiger partial charge in [0.1, 0.15) is 18.0 Å². The van der Waals surface area contributed by atoms with Gasteiger partial charge in [-0.1, -0.05) is 29.8 Å². The van der Waals surface area contributed by atoms with Gasteiger partial charge in [0.05, 0.1) is 25.0 Å². The zero-order valence-corrected chi connectivity index (χ0v) is 16.6. The molecule has 0 aliphatic carbocycles. The average molecular weight is 407 g/mol. The molecule has 0 radical (unpaired) electrons. The first kappa shape index (κ1) is 19.0. The van der Waals surface area contributed by atoms with Crippen molar-refractivity contribution >= 4 is 17.4 Å². The molecule has 0 spiro atoms. The Morgan fingerprint density at radius 3 is 2.60 bits per heavy atom. The Morgan fingerprint density at radius 1 is 1.03 bits per heavy atom. The van der Waals surface area contributed by atoms with Crippen molar-refractivity contribution in [1.82, 2.24) is 0 Å². The largest absolute Gasteiger partial charge is 0.497 e. The summed E-state index contributed by atoms with van der Waals surface area (Å²) in [5.41, 5.74) is 2.79. The summed E-state index contributed by atoms with van der Waals surface area (Å²) in [6.45, 7) is 2.19. The number of hydrogen-bond acceptors (Lipinski definition) is 6. The third kappa shape index (κ3) is 3.11. The minimum absolute atomic E-state index is 0.304. The number of ether oxygens (including phenoxy) is 4. The van der Waals surface area contributed by atoms with Crippen molar-refractivity contribution in [1.29, 1.82) is 0 Å². The van der Waals surface area contributed by atoms with Gasteiger partial charge in [-0.25, -0.2) is 0 Å². The predicted octanol–water partition coefficient (Wildman–Crippen LogP) is 2.93. The first-order valence-corrected chi connectivity index (χ1v) is 9.78. The van der Waals surface area contributed by atoms with Crippen molar-refractivity contribution in [3.8, 4) is 5.75 Å². The van der Waals surface area contributed by atoms with E-state index >= 15 is 0 Å². The van der Waals surface area contributed by atoms with E-state index in [1.165, 1.54) is 4.90 Å². The number of amides is 1. The zero-order chi connectivity index (χ0) is 20.8. The Labute approximate surface area is 173 Å². The first-order valence-electron chi connectivity index (χ1n) is 9.78. The Hall–Kier alpha value is -3.00. The van der Waals surface area contributed by atoms with E-state index in [1.54, 1.807) is 25.3 Å². The van der Waals surface area contributed by atoms with Crippen LogP contribution in [0.15, 0.2) is 54.6 Å². The highest BCUT2D eigenvalue weighted by atomic mass is 16.7. The van der Waals surface area contributed by atoms with Crippen molar-refractivity contribution in [3.05, 3.63) is 71.3 Å². The number of anilines is 1. The minimum atomic E-state index is -0.684. The molecule has 2 aromatic rings. The fourth-order valence-corrected chi connectivity index (χ4v) is 3.97. The van der Waals surface area contributed by atoms with Crippen LogP contribution < -0.4 is 9.64 Å². The molecule has 5 rings (SSSR count). The number of ketones is 1. The summed E-state index contributed by atoms with van der Waals surface area (Å²) in [7, 11) is 1.62. The van der Waals surface area contributed by atoms with E-state index in [2.05, 4.69) is 0 Å². The van der Waals surface area contributed by atoms with Gasteiger partial charge >= 0.3 is 5.91 Å². The van der Waals surface area contributed by atoms with Crippen LogP contribution >= 0.6 is 0 Å². The molecule has 1 saturated heterocycles. The molecule has 3 unspecified atom stereocenters. The van der Waals surface area contributed by atoms with Crippen molar-refractivity contribution in [2.24, 2.45) is 0 Å². The van der Waals surface area contributed by atoms with E-state index in [0.717, 1.165) is 16.9 Å². The number of rotatable bonds is 3. The lowest BCUT2D eigenvalue weighted by atomic mass is 10.1. The molecule has 154 valence electrons. The van der Waals surface area contributed by atoms with E-state index in [-0.39, 0.29) is 12.2 Å². The van der Waals surface area contributed by atoms with Gasteiger partial charge in [-0.15, -0.1) is 0 Å². The number of carbonyl (C=O) groups excluding carboxylic acids is 2. The summed E-state index contributed by atoms with van der Waals surface area (Å²) in [5, 5.41) is 0. The fraction of sp³-hybridized carbons (Fsp3) is 0.304. The lowest BCUT2D eigenvalue weighted by Crippen LogP contribution is -2.51. The summed E-state index contributed by atoms with van der Waals surface area (Å²) in [6.07, 6.45) is 1.75. The van der Waals surface area contributed by atoms with E-state index in [0.29, 0.717) is 17.9 Å². The molecule has 30 heavy (non-hydrogen) atoms. The second kappa shape index (κ2) is 7.36. The number of fused-ring (bicyclic) bond motifs is 2. The number of Topliss-reactive ketones (excluding diaryl/α,β-unsaturated/α-hetero) is 1. The van der Waals surface area contributed by atoms with E-state index in [1.807, 2.05) is 43.3 Å². The highest BCUT2D eigenvalue weighted by molar-refractivity contribution is 6.52. The molecular weight excluding hydrogens is 386 g/mol. The van der Waals surface area contributed by atoms with Gasteiger partial charge in [0, 0.05) is 5.56 Å². The molecule has 2 aromatic carbocycles. The van der Waals surface area contributed by atoms with Crippen LogP contribution in [0.3, 0.4) is 0 Å². The number of carbonyl (C=O) groups is 2. The van der Waals surface area contributed by atoms with Crippen molar-refractivity contribution in [2.75, 3.05) is 18.6 Å². The summed E-state index contributed by atoms with van der Waals surface area (Å²) in [6, 6.07) is 12.9. The number of benzene rings is 2. The Morgan fingerprint density at radius 2 is 1.83 bits per heavy atom. The van der Waals surface area contributed by atoms with Gasteiger partial charge < -0.3 is 18.9 Å². The van der Waals surface area contributed by atoms with Crippen LogP contribution in [0.2, 0.25) is 0 Å². The highest BCUT2D eigenvalue weighted by Gasteiger charge is 2.44. The normalized spacial score (nSPS) is 27.7. The van der Waals surface area contributed by atoms with E-state index < -0.39 is 24.2 Å². The smallest absolute Gasteiger partial charge is 0.301 e. The monoisotopic (exact) mass is 407 g/mol. The van der Waals surface area contributed by atoms with Gasteiger partial charge in [0.25, 0.3) is 5.78 Å². The number of hydrogen-bond donors (Lipinski definition) is 0. The van der Waals surface area contributed by atoms with Crippen LogP contribution in [0, 0.1) is 6.92 Å². The Bertz CT molecular complexity index is 1030. The summed E-state index contributed by atoms with van der Waals surface area (Å²) >= 11 is 0. The van der Waals surface area contributed by atoms with Gasteiger partial charge in [-0.05, 0) is 37.3 Å². The molecule has 1 amide bonds. The van der Waals surface area contributed by atoms with Crippen molar-refractivity contribution < 1.29 is 28.5 Å². The van der Waals surface area contributed by atoms with Crippen LogP contribution in [0.5, 0.6) is 5.75 Å². The molecule has 3 heterocycles. The van der Waals surface area contributed by atoms with Crippen molar-refractivity contribution in [2.45, 2.75) is 31.6 Å². The highest BCUT2D eigenvalue weighted by Crippen LogP contribution is 2.36. The first-order chi connectivity index (χ1) is 14.5. The molecule has 1 fully saturated rings. The topological polar surface area (TPSA) is 74.3 Å². The van der Waals surface area contributed by atoms with E-state index in [9.17, 15) is 9.59 Å². The molecule has 7 heteroatoms. The quantitative estimate of drug-likeness (QED) is 0.575. The number of nitrogens with zero attached hydrogens (tertiary/aromatic N) is 1. The standard InChI is InChI=1S/C23H21NO6/c1-13-3-8-17-16(11-13)21(25)22(26)24(17)20-10-9-18-19(29-20)12-28-23(30-18)14-4-6-15(27-2)7-5-14/h3-11,18-20,23H,12H2,1-2H3/t18?,19?,20-,23?/m1/s1. The molecule has 3 aliphatic heterocycles. The van der Waals surface area contributed by atoms with Gasteiger partial charge in [0.2, 0.25) is 0 Å². The van der Waals surface area contributed by atoms with Gasteiger partial charge in [-0.3, -0.25) is 14.5 Å². The Balaban J connectivity index is 1.34. The SMILES string of the molecule is COc1ccc(C2OCC3O[C@@H](N4C(=O)C(=O)c5cc(C)ccc54)C=CC3O2)cc1. The third-order valence-corrected chi connectivity index (χ3v) is 5.55. The maximum absolute atomic E-state index is 12.6. The Kier molecular flexibility index (Phi) is 4.66. The van der Waals surface area contributed by atoms with Gasteiger partial charge in [0.15, 0.2) is 12.5 Å². The van der Waals surface area contributed by atoms with Crippen LogP contribution in [-0.4, -0.2) is 43.8 Å². The number of aryl methyl sites for hydroxylation is 1. The van der Waals surface area contributed by atoms with Gasteiger partial charge in [-0.2, -0.15) is 0 Å². The third-order valence-electron chi connectivity index (χ3n) is 5.55. The molecule has 4 atom stereocenters. The maximum atomic E-state index is 12.6. The molecule has 0 saturated carbocycles. The van der Waals surface area contributed by atoms with Crippen molar-refractivity contribution in [3.63, 3.8) is 0 Å². The molecule has 3 aliphatic rings. The minimum Gasteiger partial charge on any atom is -0.497 e. The average Bonchev–Trinajstić information content (AvgIpc) is 3.03. The summed E-state index contributed by atoms with van der Waals surface area (Å²) in [4.78, 5) is 26.4. The van der Waals surface area contributed by atoms with Crippen LogP contribution in [0.1, 0.15) is 27.8 Å². The fourth-order valence-electron chi connectivity index (χ4n) is 3.97. The predicted molar refractivity (Wildman–Crippen MR) is 107 cm³/mol. The lowest BCUT2D eigenvalue weighted by Gasteiger charge is -2.40.